The molecule has 3 nitrogen and oxygen atoms in total. The van der Waals surface area contributed by atoms with Gasteiger partial charge in [-0.3, -0.25) is 4.79 Å². The van der Waals surface area contributed by atoms with Gasteiger partial charge < -0.3 is 10.2 Å². The van der Waals surface area contributed by atoms with Gasteiger partial charge in [-0.05, 0) is 23.3 Å². The van der Waals surface area contributed by atoms with Crippen molar-refractivity contribution in [1.82, 2.24) is 0 Å². The summed E-state index contributed by atoms with van der Waals surface area (Å²) < 4.78 is 0. The van der Waals surface area contributed by atoms with Crippen molar-refractivity contribution in [1.29, 1.82) is 0 Å². The first-order chi connectivity index (χ1) is 13.7. The second kappa shape index (κ2) is 9.19. The number of phenolic OH excluding ortho intramolecular Hbond substituents is 2. The normalized spacial score (nSPS) is 9.86. The molecular formula is C25H20O3. The zero-order chi connectivity index (χ0) is 19.8. The third kappa shape index (κ3) is 4.46. The van der Waals surface area contributed by atoms with Crippen LogP contribution in [0.3, 0.4) is 0 Å². The Morgan fingerprint density at radius 2 is 1.04 bits per heavy atom. The Bertz CT molecular complexity index is 1040. The van der Waals surface area contributed by atoms with Gasteiger partial charge in [0.15, 0.2) is 6.29 Å². The average Bonchev–Trinajstić information content (AvgIpc) is 2.76. The van der Waals surface area contributed by atoms with Gasteiger partial charge in [0, 0.05) is 11.1 Å². The van der Waals surface area contributed by atoms with E-state index < -0.39 is 0 Å². The van der Waals surface area contributed by atoms with E-state index in [-0.39, 0.29) is 5.75 Å². The van der Waals surface area contributed by atoms with Crippen LogP contribution in [0.4, 0.5) is 0 Å². The van der Waals surface area contributed by atoms with Crippen molar-refractivity contribution in [3.8, 4) is 33.8 Å². The number of hydrogen-bond acceptors (Lipinski definition) is 3. The average molecular weight is 368 g/mol. The summed E-state index contributed by atoms with van der Waals surface area (Å²) in [6.45, 7) is 0. The van der Waals surface area contributed by atoms with Gasteiger partial charge in [-0.1, -0.05) is 91.0 Å². The summed E-state index contributed by atoms with van der Waals surface area (Å²) in [6, 6.07) is 31.8. The zero-order valence-corrected chi connectivity index (χ0v) is 15.2. The number of rotatable bonds is 3. The highest BCUT2D eigenvalue weighted by Gasteiger charge is 2.07. The minimum Gasteiger partial charge on any atom is -0.507 e. The molecule has 0 unspecified atom stereocenters. The summed E-state index contributed by atoms with van der Waals surface area (Å²) in [7, 11) is 0. The zero-order valence-electron chi connectivity index (χ0n) is 15.2. The van der Waals surface area contributed by atoms with E-state index in [4.69, 9.17) is 0 Å². The fourth-order valence-corrected chi connectivity index (χ4v) is 2.84. The van der Waals surface area contributed by atoms with Crippen LogP contribution in [0.25, 0.3) is 22.3 Å². The summed E-state index contributed by atoms with van der Waals surface area (Å²) in [5, 5.41) is 19.4. The number of aldehydes is 1. The van der Waals surface area contributed by atoms with Gasteiger partial charge in [-0.15, -0.1) is 0 Å². The molecule has 2 N–H and O–H groups in total. The van der Waals surface area contributed by atoms with Crippen LogP contribution in [0.15, 0.2) is 103 Å². The number of para-hydroxylation sites is 2. The first-order valence-corrected chi connectivity index (χ1v) is 8.86. The first-order valence-electron chi connectivity index (χ1n) is 8.86. The van der Waals surface area contributed by atoms with Gasteiger partial charge >= 0.3 is 0 Å². The molecule has 0 aliphatic carbocycles. The molecule has 28 heavy (non-hydrogen) atoms. The lowest BCUT2D eigenvalue weighted by Gasteiger charge is -2.05. The highest BCUT2D eigenvalue weighted by molar-refractivity contribution is 5.85. The second-order valence-electron chi connectivity index (χ2n) is 6.11. The standard InChI is InChI=1S/C13H10O2.C12H10O/c14-9-11-7-4-8-12(13(11)15)10-5-2-1-3-6-10;13-12-9-5-4-8-11(12)10-6-2-1-3-7-10/h1-9,15H;1-9,13H. The lowest BCUT2D eigenvalue weighted by molar-refractivity contribution is 0.112. The Labute approximate surface area is 164 Å². The summed E-state index contributed by atoms with van der Waals surface area (Å²) >= 11 is 0. The molecule has 0 radical (unpaired) electrons. The van der Waals surface area contributed by atoms with Crippen LogP contribution in [0.1, 0.15) is 10.4 Å². The molecule has 0 atom stereocenters. The van der Waals surface area contributed by atoms with Crippen molar-refractivity contribution in [2.45, 2.75) is 0 Å². The number of hydrogen-bond donors (Lipinski definition) is 2. The van der Waals surface area contributed by atoms with Crippen LogP contribution in [0, 0.1) is 0 Å². The molecule has 0 fully saturated rings. The Kier molecular flexibility index (Phi) is 6.21. The Morgan fingerprint density at radius 1 is 0.536 bits per heavy atom. The van der Waals surface area contributed by atoms with Gasteiger partial charge in [0.25, 0.3) is 0 Å². The van der Waals surface area contributed by atoms with E-state index in [1.165, 1.54) is 0 Å². The molecular weight excluding hydrogens is 348 g/mol. The van der Waals surface area contributed by atoms with Crippen LogP contribution in [0.5, 0.6) is 11.5 Å². The second-order valence-corrected chi connectivity index (χ2v) is 6.11. The summed E-state index contributed by atoms with van der Waals surface area (Å²) in [5.74, 6) is 0.368. The van der Waals surface area contributed by atoms with Crippen molar-refractivity contribution in [3.63, 3.8) is 0 Å². The third-order valence-corrected chi connectivity index (χ3v) is 4.27. The monoisotopic (exact) mass is 368 g/mol. The molecule has 4 aromatic rings. The molecule has 0 saturated heterocycles. The summed E-state index contributed by atoms with van der Waals surface area (Å²) in [5.41, 5.74) is 3.82. The molecule has 138 valence electrons. The summed E-state index contributed by atoms with van der Waals surface area (Å²) in [4.78, 5) is 10.7. The maximum Gasteiger partial charge on any atom is 0.153 e. The number of carbonyl (C=O) groups is 1. The minimum atomic E-state index is 0.0405. The van der Waals surface area contributed by atoms with Crippen molar-refractivity contribution in [2.24, 2.45) is 0 Å². The fraction of sp³-hybridized carbons (Fsp3) is 0. The number of phenols is 2. The van der Waals surface area contributed by atoms with Gasteiger partial charge in [0.1, 0.15) is 11.5 Å². The van der Waals surface area contributed by atoms with Gasteiger partial charge in [0.05, 0.1) is 5.56 Å². The fourth-order valence-electron chi connectivity index (χ4n) is 2.84. The highest BCUT2D eigenvalue weighted by Crippen LogP contribution is 2.31. The maximum atomic E-state index is 10.7. The van der Waals surface area contributed by atoms with E-state index in [2.05, 4.69) is 0 Å². The Hall–Kier alpha value is -3.85. The molecule has 0 aliphatic rings. The Balaban J connectivity index is 0.000000162. The molecule has 4 rings (SSSR count). The van der Waals surface area contributed by atoms with Crippen molar-refractivity contribution < 1.29 is 15.0 Å². The number of carbonyl (C=O) groups excluding carboxylic acids is 1. The molecule has 0 amide bonds. The molecule has 0 aromatic heterocycles. The predicted octanol–water partition coefficient (Wildman–Crippen LogP) is 5.93. The van der Waals surface area contributed by atoms with E-state index in [9.17, 15) is 15.0 Å². The number of benzene rings is 4. The lowest BCUT2D eigenvalue weighted by atomic mass is 10.0. The molecule has 0 aliphatic heterocycles. The summed E-state index contributed by atoms with van der Waals surface area (Å²) in [6.07, 6.45) is 0.655. The third-order valence-electron chi connectivity index (χ3n) is 4.27. The van der Waals surface area contributed by atoms with Crippen LogP contribution >= 0.6 is 0 Å². The minimum absolute atomic E-state index is 0.0405. The lowest BCUT2D eigenvalue weighted by Crippen LogP contribution is -1.84. The van der Waals surface area contributed by atoms with Crippen LogP contribution in [-0.4, -0.2) is 16.5 Å². The van der Waals surface area contributed by atoms with Crippen molar-refractivity contribution >= 4 is 6.29 Å². The van der Waals surface area contributed by atoms with E-state index in [0.717, 1.165) is 16.7 Å². The van der Waals surface area contributed by atoms with E-state index in [0.29, 0.717) is 23.2 Å². The molecule has 0 heterocycles. The van der Waals surface area contributed by atoms with Crippen LogP contribution < -0.4 is 0 Å². The van der Waals surface area contributed by atoms with E-state index >= 15 is 0 Å². The number of aromatic hydroxyl groups is 2. The van der Waals surface area contributed by atoms with Crippen LogP contribution in [-0.2, 0) is 0 Å². The topological polar surface area (TPSA) is 57.5 Å². The first kappa shape index (κ1) is 18.9. The largest absolute Gasteiger partial charge is 0.507 e. The molecule has 0 spiro atoms. The molecule has 0 saturated carbocycles. The predicted molar refractivity (Wildman–Crippen MR) is 112 cm³/mol. The molecule has 4 aromatic carbocycles. The Morgan fingerprint density at radius 3 is 1.61 bits per heavy atom. The van der Waals surface area contributed by atoms with E-state index in [1.54, 1.807) is 24.3 Å². The molecule has 0 bridgehead atoms. The smallest absolute Gasteiger partial charge is 0.153 e. The van der Waals surface area contributed by atoms with Crippen molar-refractivity contribution in [3.05, 3.63) is 109 Å². The van der Waals surface area contributed by atoms with E-state index in [1.807, 2.05) is 78.9 Å². The highest BCUT2D eigenvalue weighted by atomic mass is 16.3. The van der Waals surface area contributed by atoms with Crippen LogP contribution in [0.2, 0.25) is 0 Å². The maximum absolute atomic E-state index is 10.7. The molecule has 3 heteroatoms. The quantitative estimate of drug-likeness (QED) is 0.441. The SMILES string of the molecule is O=Cc1cccc(-c2ccccc2)c1O.Oc1ccccc1-c1ccccc1. The van der Waals surface area contributed by atoms with Gasteiger partial charge in [0.2, 0.25) is 0 Å². The van der Waals surface area contributed by atoms with Gasteiger partial charge in [-0.2, -0.15) is 0 Å². The van der Waals surface area contributed by atoms with Crippen molar-refractivity contribution in [2.75, 3.05) is 0 Å². The van der Waals surface area contributed by atoms with Gasteiger partial charge in [-0.25, -0.2) is 0 Å².